The Labute approximate surface area is 152 Å². The van der Waals surface area contributed by atoms with Crippen LogP contribution in [0.25, 0.3) is 0 Å². The number of benzene rings is 2. The smallest absolute Gasteiger partial charge is 0.230 e. The summed E-state index contributed by atoms with van der Waals surface area (Å²) >= 11 is 0. The van der Waals surface area contributed by atoms with Gasteiger partial charge in [-0.25, -0.2) is 0 Å². The zero-order valence-corrected chi connectivity index (χ0v) is 15.1. The van der Waals surface area contributed by atoms with Crippen LogP contribution in [0.5, 0.6) is 11.5 Å². The third-order valence-corrected chi connectivity index (χ3v) is 4.73. The Bertz CT molecular complexity index is 807. The standard InChI is InChI=1S/C20H22N2O4/c1-22-18(23)12-15(19(22)13-7-5-4-6-8-13)20(24)21-16-10-9-14(25-2)11-17(16)26-3/h4-11,15,19H,12H2,1-3H3,(H,21,24)/t15-,19+/m1/s1. The summed E-state index contributed by atoms with van der Waals surface area (Å²) in [5.41, 5.74) is 1.50. The average Bonchev–Trinajstić information content (AvgIpc) is 2.97. The monoisotopic (exact) mass is 354 g/mol. The van der Waals surface area contributed by atoms with Crippen molar-refractivity contribution >= 4 is 17.5 Å². The van der Waals surface area contributed by atoms with Crippen LogP contribution < -0.4 is 14.8 Å². The largest absolute Gasteiger partial charge is 0.497 e. The maximum Gasteiger partial charge on any atom is 0.230 e. The van der Waals surface area contributed by atoms with Crippen molar-refractivity contribution in [3.8, 4) is 11.5 Å². The Kier molecular flexibility index (Phi) is 5.11. The molecule has 0 aromatic heterocycles. The lowest BCUT2D eigenvalue weighted by molar-refractivity contribution is -0.127. The second-order valence-corrected chi connectivity index (χ2v) is 6.23. The number of carbonyl (C=O) groups is 2. The summed E-state index contributed by atoms with van der Waals surface area (Å²) in [4.78, 5) is 26.8. The number of likely N-dealkylation sites (tertiary alicyclic amines) is 1. The molecule has 1 N–H and O–H groups in total. The highest BCUT2D eigenvalue weighted by molar-refractivity contribution is 5.98. The topological polar surface area (TPSA) is 67.9 Å². The minimum atomic E-state index is -0.471. The molecule has 3 rings (SSSR count). The summed E-state index contributed by atoms with van der Waals surface area (Å²) in [7, 11) is 4.84. The first-order chi connectivity index (χ1) is 12.5. The second kappa shape index (κ2) is 7.47. The first kappa shape index (κ1) is 17.8. The van der Waals surface area contributed by atoms with E-state index in [0.29, 0.717) is 17.2 Å². The maximum absolute atomic E-state index is 12.9. The first-order valence-electron chi connectivity index (χ1n) is 8.38. The molecule has 1 aliphatic heterocycles. The van der Waals surface area contributed by atoms with E-state index in [0.717, 1.165) is 5.56 Å². The Morgan fingerprint density at radius 2 is 1.85 bits per heavy atom. The number of methoxy groups -OCH3 is 2. The molecule has 6 heteroatoms. The van der Waals surface area contributed by atoms with Crippen LogP contribution in [0.1, 0.15) is 18.0 Å². The fraction of sp³-hybridized carbons (Fsp3) is 0.300. The summed E-state index contributed by atoms with van der Waals surface area (Å²) in [6, 6.07) is 14.5. The zero-order chi connectivity index (χ0) is 18.7. The van der Waals surface area contributed by atoms with Crippen molar-refractivity contribution < 1.29 is 19.1 Å². The van der Waals surface area contributed by atoms with Crippen LogP contribution in [0, 0.1) is 5.92 Å². The van der Waals surface area contributed by atoms with E-state index in [4.69, 9.17) is 9.47 Å². The number of amides is 2. The molecule has 0 saturated carbocycles. The van der Waals surface area contributed by atoms with E-state index in [1.54, 1.807) is 37.3 Å². The molecule has 2 amide bonds. The molecule has 1 heterocycles. The summed E-state index contributed by atoms with van der Waals surface area (Å²) < 4.78 is 10.5. The van der Waals surface area contributed by atoms with Gasteiger partial charge in [-0.2, -0.15) is 0 Å². The van der Waals surface area contributed by atoms with E-state index in [2.05, 4.69) is 5.32 Å². The maximum atomic E-state index is 12.9. The third kappa shape index (κ3) is 3.35. The lowest BCUT2D eigenvalue weighted by Gasteiger charge is -2.25. The number of anilines is 1. The van der Waals surface area contributed by atoms with Gasteiger partial charge in [0.15, 0.2) is 0 Å². The first-order valence-corrected chi connectivity index (χ1v) is 8.38. The number of nitrogens with one attached hydrogen (secondary N) is 1. The minimum absolute atomic E-state index is 0.0410. The molecule has 6 nitrogen and oxygen atoms in total. The molecule has 2 aromatic rings. The molecule has 0 unspecified atom stereocenters. The Balaban J connectivity index is 1.86. The van der Waals surface area contributed by atoms with Crippen molar-refractivity contribution in [3.63, 3.8) is 0 Å². The predicted octanol–water partition coefficient (Wildman–Crippen LogP) is 2.86. The number of rotatable bonds is 5. The van der Waals surface area contributed by atoms with Crippen LogP contribution in [-0.4, -0.2) is 38.0 Å². The Hall–Kier alpha value is -3.02. The van der Waals surface area contributed by atoms with Crippen molar-refractivity contribution in [2.75, 3.05) is 26.6 Å². The number of hydrogen-bond acceptors (Lipinski definition) is 4. The molecular weight excluding hydrogens is 332 g/mol. The molecule has 1 saturated heterocycles. The fourth-order valence-corrected chi connectivity index (χ4v) is 3.34. The van der Waals surface area contributed by atoms with Crippen molar-refractivity contribution in [2.24, 2.45) is 5.92 Å². The summed E-state index contributed by atoms with van der Waals surface area (Å²) in [6.45, 7) is 0. The summed E-state index contributed by atoms with van der Waals surface area (Å²) in [6.07, 6.45) is 0.181. The number of nitrogens with zero attached hydrogens (tertiary/aromatic N) is 1. The van der Waals surface area contributed by atoms with Gasteiger partial charge < -0.3 is 19.7 Å². The van der Waals surface area contributed by atoms with Gasteiger partial charge in [-0.3, -0.25) is 9.59 Å². The third-order valence-electron chi connectivity index (χ3n) is 4.73. The summed E-state index contributed by atoms with van der Waals surface area (Å²) in [5, 5.41) is 2.90. The van der Waals surface area contributed by atoms with Crippen molar-refractivity contribution in [3.05, 3.63) is 54.1 Å². The Morgan fingerprint density at radius 3 is 2.50 bits per heavy atom. The van der Waals surface area contributed by atoms with Gasteiger partial charge in [0.2, 0.25) is 11.8 Å². The molecule has 0 aliphatic carbocycles. The average molecular weight is 354 g/mol. The van der Waals surface area contributed by atoms with Crippen LogP contribution >= 0.6 is 0 Å². The second-order valence-electron chi connectivity index (χ2n) is 6.23. The normalized spacial score (nSPS) is 19.3. The Morgan fingerprint density at radius 1 is 1.12 bits per heavy atom. The molecule has 2 atom stereocenters. The van der Waals surface area contributed by atoms with Crippen molar-refractivity contribution in [1.82, 2.24) is 4.90 Å². The van der Waals surface area contributed by atoms with E-state index in [1.165, 1.54) is 7.11 Å². The van der Waals surface area contributed by atoms with Gasteiger partial charge in [0.25, 0.3) is 0 Å². The van der Waals surface area contributed by atoms with Gasteiger partial charge >= 0.3 is 0 Å². The molecule has 0 bridgehead atoms. The van der Waals surface area contributed by atoms with E-state index >= 15 is 0 Å². The van der Waals surface area contributed by atoms with Crippen molar-refractivity contribution in [1.29, 1.82) is 0 Å². The molecule has 2 aromatic carbocycles. The highest BCUT2D eigenvalue weighted by Gasteiger charge is 2.42. The van der Waals surface area contributed by atoms with Gasteiger partial charge in [0.1, 0.15) is 11.5 Å². The van der Waals surface area contributed by atoms with Gasteiger partial charge in [0, 0.05) is 19.5 Å². The summed E-state index contributed by atoms with van der Waals surface area (Å²) in [5.74, 6) is 0.423. The van der Waals surface area contributed by atoms with Gasteiger partial charge in [-0.15, -0.1) is 0 Å². The fourth-order valence-electron chi connectivity index (χ4n) is 3.34. The van der Waals surface area contributed by atoms with Crippen molar-refractivity contribution in [2.45, 2.75) is 12.5 Å². The van der Waals surface area contributed by atoms with E-state index in [-0.39, 0.29) is 24.3 Å². The van der Waals surface area contributed by atoms with Crippen LogP contribution in [0.2, 0.25) is 0 Å². The number of hydrogen-bond donors (Lipinski definition) is 1. The zero-order valence-electron chi connectivity index (χ0n) is 15.1. The van der Waals surface area contributed by atoms with E-state index in [9.17, 15) is 9.59 Å². The van der Waals surface area contributed by atoms with Gasteiger partial charge in [0.05, 0.1) is 31.9 Å². The molecule has 26 heavy (non-hydrogen) atoms. The van der Waals surface area contributed by atoms with Gasteiger partial charge in [-0.1, -0.05) is 30.3 Å². The minimum Gasteiger partial charge on any atom is -0.497 e. The molecule has 0 spiro atoms. The quantitative estimate of drug-likeness (QED) is 0.896. The van der Waals surface area contributed by atoms with Crippen LogP contribution in [0.4, 0.5) is 5.69 Å². The predicted molar refractivity (Wildman–Crippen MR) is 98.2 cm³/mol. The molecular formula is C20H22N2O4. The van der Waals surface area contributed by atoms with Gasteiger partial charge in [-0.05, 0) is 17.7 Å². The SMILES string of the molecule is COc1ccc(NC(=O)[C@@H]2CC(=O)N(C)[C@H]2c2ccccc2)c(OC)c1. The lowest BCUT2D eigenvalue weighted by atomic mass is 9.93. The number of ether oxygens (including phenoxy) is 2. The molecule has 1 fully saturated rings. The molecule has 1 aliphatic rings. The van der Waals surface area contributed by atoms with E-state index in [1.807, 2.05) is 30.3 Å². The van der Waals surface area contributed by atoms with E-state index < -0.39 is 5.92 Å². The van der Waals surface area contributed by atoms with Crippen LogP contribution in [0.3, 0.4) is 0 Å². The highest BCUT2D eigenvalue weighted by Crippen LogP contribution is 2.38. The number of carbonyl (C=O) groups excluding carboxylic acids is 2. The highest BCUT2D eigenvalue weighted by atomic mass is 16.5. The van der Waals surface area contributed by atoms with Crippen LogP contribution in [-0.2, 0) is 9.59 Å². The van der Waals surface area contributed by atoms with Crippen LogP contribution in [0.15, 0.2) is 48.5 Å². The lowest BCUT2D eigenvalue weighted by Crippen LogP contribution is -2.30. The molecule has 0 radical (unpaired) electrons. The molecule has 136 valence electrons.